The number of rotatable bonds is 5. The van der Waals surface area contributed by atoms with Crippen molar-refractivity contribution < 1.29 is 23.8 Å². The lowest BCUT2D eigenvalue weighted by Gasteiger charge is -2.26. The quantitative estimate of drug-likeness (QED) is 0.229. The van der Waals surface area contributed by atoms with E-state index in [0.717, 1.165) is 11.6 Å². The first-order valence-corrected chi connectivity index (χ1v) is 11.6. The highest BCUT2D eigenvalue weighted by Gasteiger charge is 2.47. The first-order valence-electron chi connectivity index (χ1n) is 10.8. The number of aliphatic hydroxyl groups is 1. The summed E-state index contributed by atoms with van der Waals surface area (Å²) in [6.07, 6.45) is 0. The first kappa shape index (κ1) is 24.8. The molecule has 35 heavy (non-hydrogen) atoms. The highest BCUT2D eigenvalue weighted by atomic mass is 35.5. The van der Waals surface area contributed by atoms with Gasteiger partial charge in [0.1, 0.15) is 17.3 Å². The molecule has 1 N–H and O–H groups in total. The molecule has 0 aliphatic carbocycles. The highest BCUT2D eigenvalue weighted by Crippen LogP contribution is 2.43. The van der Waals surface area contributed by atoms with E-state index in [0.29, 0.717) is 21.9 Å². The van der Waals surface area contributed by atoms with Crippen molar-refractivity contribution >= 4 is 46.3 Å². The van der Waals surface area contributed by atoms with Crippen LogP contribution in [0.25, 0.3) is 5.76 Å². The fourth-order valence-electron chi connectivity index (χ4n) is 4.18. The number of ketones is 1. The molecule has 1 saturated heterocycles. The van der Waals surface area contributed by atoms with Crippen molar-refractivity contribution in [3.63, 3.8) is 0 Å². The van der Waals surface area contributed by atoms with Crippen LogP contribution in [0, 0.1) is 5.82 Å². The highest BCUT2D eigenvalue weighted by molar-refractivity contribution is 6.51. The molecule has 0 aromatic heterocycles. The summed E-state index contributed by atoms with van der Waals surface area (Å²) in [5, 5.41) is 11.6. The molecule has 4 rings (SSSR count). The van der Waals surface area contributed by atoms with Gasteiger partial charge in [0.05, 0.1) is 23.7 Å². The van der Waals surface area contributed by atoms with Gasteiger partial charge in [-0.3, -0.25) is 14.5 Å². The summed E-state index contributed by atoms with van der Waals surface area (Å²) in [7, 11) is 1.56. The van der Waals surface area contributed by atoms with Gasteiger partial charge in [0.25, 0.3) is 11.7 Å². The Kier molecular flexibility index (Phi) is 6.88. The zero-order valence-electron chi connectivity index (χ0n) is 19.2. The number of benzene rings is 3. The van der Waals surface area contributed by atoms with E-state index in [-0.39, 0.29) is 28.0 Å². The molecule has 0 saturated carbocycles. The van der Waals surface area contributed by atoms with Crippen LogP contribution in [0.2, 0.25) is 10.0 Å². The zero-order chi connectivity index (χ0) is 25.4. The Labute approximate surface area is 212 Å². The number of carbonyl (C=O) groups is 2. The predicted molar refractivity (Wildman–Crippen MR) is 135 cm³/mol. The lowest BCUT2D eigenvalue weighted by Crippen LogP contribution is -2.29. The third kappa shape index (κ3) is 4.51. The molecule has 5 nitrogen and oxygen atoms in total. The smallest absolute Gasteiger partial charge is 0.300 e. The third-order valence-electron chi connectivity index (χ3n) is 5.94. The van der Waals surface area contributed by atoms with Crippen LogP contribution in [0.15, 0.2) is 66.2 Å². The lowest BCUT2D eigenvalue weighted by molar-refractivity contribution is -0.132. The molecule has 1 heterocycles. The van der Waals surface area contributed by atoms with E-state index < -0.39 is 23.5 Å². The normalized spacial score (nSPS) is 17.3. The minimum Gasteiger partial charge on any atom is -0.507 e. The van der Waals surface area contributed by atoms with Crippen molar-refractivity contribution in [1.82, 2.24) is 0 Å². The summed E-state index contributed by atoms with van der Waals surface area (Å²) < 4.78 is 19.3. The van der Waals surface area contributed by atoms with Gasteiger partial charge in [-0.25, -0.2) is 4.39 Å². The fourth-order valence-corrected chi connectivity index (χ4v) is 4.48. The lowest BCUT2D eigenvalue weighted by atomic mass is 9.93. The van der Waals surface area contributed by atoms with Gasteiger partial charge >= 0.3 is 0 Å². The fraction of sp³-hybridized carbons (Fsp3) is 0.185. The average molecular weight is 514 g/mol. The Morgan fingerprint density at radius 3 is 2.31 bits per heavy atom. The third-order valence-corrected chi connectivity index (χ3v) is 6.48. The molecule has 1 aliphatic heterocycles. The van der Waals surface area contributed by atoms with Gasteiger partial charge in [0.15, 0.2) is 0 Å². The Hall–Kier alpha value is -3.35. The molecule has 3 aromatic rings. The summed E-state index contributed by atoms with van der Waals surface area (Å²) in [4.78, 5) is 27.7. The summed E-state index contributed by atoms with van der Waals surface area (Å²) in [5.41, 5.74) is 1.85. The number of nitrogens with zero attached hydrogens (tertiary/aromatic N) is 1. The van der Waals surface area contributed by atoms with Crippen LogP contribution in [0.4, 0.5) is 10.1 Å². The van der Waals surface area contributed by atoms with Gasteiger partial charge in [-0.05, 0) is 65.6 Å². The minimum absolute atomic E-state index is 0.0773. The molecular formula is C27H22Cl2FNO4. The summed E-state index contributed by atoms with van der Waals surface area (Å²) in [5.74, 6) is -2.00. The Morgan fingerprint density at radius 1 is 1.03 bits per heavy atom. The van der Waals surface area contributed by atoms with Gasteiger partial charge in [0, 0.05) is 16.3 Å². The Bertz CT molecular complexity index is 1350. The number of anilines is 1. The number of hydrogen-bond acceptors (Lipinski definition) is 4. The summed E-state index contributed by atoms with van der Waals surface area (Å²) in [6, 6.07) is 14.4. The maximum Gasteiger partial charge on any atom is 0.300 e. The number of aliphatic hydroxyl groups excluding tert-OH is 1. The van der Waals surface area contributed by atoms with Crippen LogP contribution < -0.4 is 9.64 Å². The molecule has 1 atom stereocenters. The van der Waals surface area contributed by atoms with E-state index in [9.17, 15) is 19.1 Å². The van der Waals surface area contributed by atoms with Crippen LogP contribution in [0.5, 0.6) is 5.75 Å². The van der Waals surface area contributed by atoms with Crippen LogP contribution in [-0.4, -0.2) is 23.9 Å². The number of carbonyl (C=O) groups excluding carboxylic acids is 2. The van der Waals surface area contributed by atoms with Crippen LogP contribution in [0.1, 0.15) is 42.5 Å². The van der Waals surface area contributed by atoms with E-state index in [1.165, 1.54) is 17.0 Å². The van der Waals surface area contributed by atoms with Crippen molar-refractivity contribution in [2.75, 3.05) is 12.0 Å². The van der Waals surface area contributed by atoms with Crippen molar-refractivity contribution in [2.45, 2.75) is 25.8 Å². The molecule has 0 spiro atoms. The van der Waals surface area contributed by atoms with E-state index in [1.54, 1.807) is 49.6 Å². The standard InChI is InChI=1S/C27H22Cl2FNO4/c1-14(2)19-12-16(6-11-22(19)35-3)25(32)23-24(15-4-7-17(28)8-5-15)31(27(34)26(23)33)18-9-10-21(30)20(29)13-18/h4-14,24,32H,1-3H3/b25-23-. The SMILES string of the molecule is COc1ccc(/C(O)=C2/C(=O)C(=O)N(c3ccc(F)c(Cl)c3)C2c2ccc(Cl)cc2)cc1C(C)C. The summed E-state index contributed by atoms with van der Waals surface area (Å²) in [6.45, 7) is 3.96. The van der Waals surface area contributed by atoms with Gasteiger partial charge < -0.3 is 9.84 Å². The number of methoxy groups -OCH3 is 1. The molecule has 180 valence electrons. The molecule has 8 heteroatoms. The minimum atomic E-state index is -0.988. The molecular weight excluding hydrogens is 492 g/mol. The topological polar surface area (TPSA) is 66.8 Å². The van der Waals surface area contributed by atoms with Crippen molar-refractivity contribution in [3.8, 4) is 5.75 Å². The van der Waals surface area contributed by atoms with Crippen molar-refractivity contribution in [2.24, 2.45) is 0 Å². The molecule has 1 unspecified atom stereocenters. The van der Waals surface area contributed by atoms with Crippen LogP contribution in [0.3, 0.4) is 0 Å². The largest absolute Gasteiger partial charge is 0.507 e. The van der Waals surface area contributed by atoms with E-state index in [1.807, 2.05) is 13.8 Å². The molecule has 1 aliphatic rings. The second kappa shape index (κ2) is 9.72. The maximum absolute atomic E-state index is 13.8. The number of Topliss-reactive ketones (excluding diaryl/α,β-unsaturated/α-hetero) is 1. The average Bonchev–Trinajstić information content (AvgIpc) is 3.10. The molecule has 0 radical (unpaired) electrons. The maximum atomic E-state index is 13.8. The first-order chi connectivity index (χ1) is 16.6. The molecule has 1 fully saturated rings. The van der Waals surface area contributed by atoms with Gasteiger partial charge in [-0.1, -0.05) is 49.2 Å². The number of halogens is 3. The zero-order valence-corrected chi connectivity index (χ0v) is 20.7. The van der Waals surface area contributed by atoms with Crippen molar-refractivity contribution in [1.29, 1.82) is 0 Å². The van der Waals surface area contributed by atoms with E-state index in [2.05, 4.69) is 0 Å². The van der Waals surface area contributed by atoms with Gasteiger partial charge in [0.2, 0.25) is 0 Å². The van der Waals surface area contributed by atoms with Gasteiger partial charge in [-0.15, -0.1) is 0 Å². The number of amides is 1. The second-order valence-electron chi connectivity index (χ2n) is 8.43. The molecule has 0 bridgehead atoms. The molecule has 3 aromatic carbocycles. The monoisotopic (exact) mass is 513 g/mol. The van der Waals surface area contributed by atoms with Crippen LogP contribution >= 0.6 is 23.2 Å². The van der Waals surface area contributed by atoms with E-state index in [4.69, 9.17) is 27.9 Å². The Balaban J connectivity index is 1.95. The van der Waals surface area contributed by atoms with Crippen LogP contribution in [-0.2, 0) is 9.59 Å². The van der Waals surface area contributed by atoms with Crippen molar-refractivity contribution in [3.05, 3.63) is 98.8 Å². The predicted octanol–water partition coefficient (Wildman–Crippen LogP) is 6.89. The van der Waals surface area contributed by atoms with Gasteiger partial charge in [-0.2, -0.15) is 0 Å². The number of ether oxygens (including phenoxy) is 1. The Morgan fingerprint density at radius 2 is 1.71 bits per heavy atom. The number of hydrogen-bond donors (Lipinski definition) is 1. The second-order valence-corrected chi connectivity index (χ2v) is 9.27. The van der Waals surface area contributed by atoms with E-state index >= 15 is 0 Å². The summed E-state index contributed by atoms with van der Waals surface area (Å²) >= 11 is 12.0. The molecule has 1 amide bonds.